The monoisotopic (exact) mass is 412 g/mol. The minimum atomic E-state index is -1.31. The average molecular weight is 412 g/mol. The molecule has 6 heteroatoms. The Morgan fingerprint density at radius 3 is 2.23 bits per heavy atom. The largest absolute Gasteiger partial charge is 0.497 e. The lowest BCUT2D eigenvalue weighted by atomic mass is 10.1. The molecule has 3 aromatic carbocycles. The third-order valence-electron chi connectivity index (χ3n) is 4.94. The molecule has 0 fully saturated rings. The van der Waals surface area contributed by atoms with E-state index in [1.807, 2.05) is 42.5 Å². The van der Waals surface area contributed by atoms with Gasteiger partial charge in [-0.25, -0.2) is 9.78 Å². The van der Waals surface area contributed by atoms with Crippen molar-refractivity contribution >= 4 is 5.97 Å². The van der Waals surface area contributed by atoms with Crippen LogP contribution in [0.1, 0.15) is 15.9 Å². The number of aromatic nitrogens is 2. The van der Waals surface area contributed by atoms with Gasteiger partial charge in [-0.2, -0.15) is 0 Å². The van der Waals surface area contributed by atoms with E-state index in [0.717, 1.165) is 5.56 Å². The molecular formula is C25H20N2O4. The van der Waals surface area contributed by atoms with Gasteiger partial charge < -0.3 is 9.84 Å². The number of carboxylic acid groups (broad SMARTS) is 1. The average Bonchev–Trinajstić information content (AvgIpc) is 2.81. The molecule has 1 N–H and O–H groups in total. The summed E-state index contributed by atoms with van der Waals surface area (Å²) in [6, 6.07) is 25.5. The Hall–Kier alpha value is -4.19. The van der Waals surface area contributed by atoms with Crippen molar-refractivity contribution in [2.24, 2.45) is 0 Å². The molecule has 0 aliphatic heterocycles. The molecule has 0 unspecified atom stereocenters. The predicted molar refractivity (Wildman–Crippen MR) is 118 cm³/mol. The summed E-state index contributed by atoms with van der Waals surface area (Å²) in [5, 5.41) is 9.87. The Bertz CT molecular complexity index is 1280. The van der Waals surface area contributed by atoms with E-state index in [1.54, 1.807) is 49.6 Å². The number of hydrogen-bond acceptors (Lipinski definition) is 4. The number of ether oxygens (including phenoxy) is 1. The topological polar surface area (TPSA) is 81.4 Å². The molecule has 0 saturated carbocycles. The Labute approximate surface area is 179 Å². The van der Waals surface area contributed by atoms with Gasteiger partial charge in [0.1, 0.15) is 11.6 Å². The summed E-state index contributed by atoms with van der Waals surface area (Å²) in [5.74, 6) is -0.325. The van der Waals surface area contributed by atoms with Gasteiger partial charge in [-0.1, -0.05) is 72.8 Å². The Balaban J connectivity index is 2.03. The first-order valence-electron chi connectivity index (χ1n) is 9.70. The van der Waals surface area contributed by atoms with Gasteiger partial charge >= 0.3 is 5.97 Å². The Morgan fingerprint density at radius 2 is 1.58 bits per heavy atom. The van der Waals surface area contributed by atoms with Crippen LogP contribution in [0.3, 0.4) is 0 Å². The lowest BCUT2D eigenvalue weighted by molar-refractivity contribution is 0.0694. The van der Waals surface area contributed by atoms with Gasteiger partial charge in [0.25, 0.3) is 5.56 Å². The summed E-state index contributed by atoms with van der Waals surface area (Å²) in [4.78, 5) is 30.3. The molecule has 6 nitrogen and oxygen atoms in total. The van der Waals surface area contributed by atoms with E-state index in [4.69, 9.17) is 9.72 Å². The van der Waals surface area contributed by atoms with Gasteiger partial charge in [0, 0.05) is 11.1 Å². The summed E-state index contributed by atoms with van der Waals surface area (Å²) in [6.45, 7) is 0.189. The minimum Gasteiger partial charge on any atom is -0.497 e. The summed E-state index contributed by atoms with van der Waals surface area (Å²) < 4.78 is 6.74. The standard InChI is InChI=1S/C25H20N2O4/c1-31-20-14-8-13-19(15-20)23-26-22(18-11-6-3-7-12-18)21(25(29)30)24(28)27(23)16-17-9-4-2-5-10-17/h2-15H,16H2,1H3,(H,29,30). The number of carboxylic acids is 1. The molecule has 31 heavy (non-hydrogen) atoms. The zero-order chi connectivity index (χ0) is 21.8. The van der Waals surface area contributed by atoms with Gasteiger partial charge in [-0.15, -0.1) is 0 Å². The van der Waals surface area contributed by atoms with Crippen LogP contribution in [0.4, 0.5) is 0 Å². The van der Waals surface area contributed by atoms with Crippen LogP contribution >= 0.6 is 0 Å². The highest BCUT2D eigenvalue weighted by Gasteiger charge is 2.24. The van der Waals surface area contributed by atoms with Crippen LogP contribution < -0.4 is 10.3 Å². The van der Waals surface area contributed by atoms with Gasteiger partial charge in [-0.05, 0) is 17.7 Å². The van der Waals surface area contributed by atoms with Crippen molar-refractivity contribution in [3.63, 3.8) is 0 Å². The number of benzene rings is 3. The molecule has 4 rings (SSSR count). The normalized spacial score (nSPS) is 10.6. The van der Waals surface area contributed by atoms with Crippen molar-refractivity contribution in [2.45, 2.75) is 6.54 Å². The van der Waals surface area contributed by atoms with Crippen molar-refractivity contribution in [1.29, 1.82) is 0 Å². The summed E-state index contributed by atoms with van der Waals surface area (Å²) in [5.41, 5.74) is 1.26. The van der Waals surface area contributed by atoms with Crippen LogP contribution in [0, 0.1) is 0 Å². The molecule has 0 aliphatic rings. The van der Waals surface area contributed by atoms with Crippen molar-refractivity contribution in [3.05, 3.63) is 106 Å². The SMILES string of the molecule is COc1cccc(-c2nc(-c3ccccc3)c(C(=O)O)c(=O)n2Cc2ccccc2)c1. The number of rotatable bonds is 6. The molecule has 0 bridgehead atoms. The molecule has 0 amide bonds. The maximum Gasteiger partial charge on any atom is 0.343 e. The highest BCUT2D eigenvalue weighted by molar-refractivity contribution is 5.94. The third-order valence-corrected chi connectivity index (χ3v) is 4.94. The maximum absolute atomic E-state index is 13.5. The van der Waals surface area contributed by atoms with E-state index < -0.39 is 11.5 Å². The van der Waals surface area contributed by atoms with Crippen molar-refractivity contribution in [1.82, 2.24) is 9.55 Å². The van der Waals surface area contributed by atoms with Crippen LogP contribution in [-0.4, -0.2) is 27.7 Å². The van der Waals surface area contributed by atoms with Gasteiger partial charge in [0.15, 0.2) is 5.56 Å². The number of aromatic carboxylic acids is 1. The smallest absolute Gasteiger partial charge is 0.343 e. The first-order chi connectivity index (χ1) is 15.1. The number of hydrogen-bond donors (Lipinski definition) is 1. The van der Waals surface area contributed by atoms with E-state index in [-0.39, 0.29) is 17.8 Å². The minimum absolute atomic E-state index is 0.139. The van der Waals surface area contributed by atoms with Crippen LogP contribution in [0.15, 0.2) is 89.7 Å². The first kappa shape index (κ1) is 20.1. The second-order valence-electron chi connectivity index (χ2n) is 6.94. The summed E-state index contributed by atoms with van der Waals surface area (Å²) in [6.07, 6.45) is 0. The summed E-state index contributed by atoms with van der Waals surface area (Å²) in [7, 11) is 1.56. The second-order valence-corrected chi connectivity index (χ2v) is 6.94. The molecule has 0 spiro atoms. The van der Waals surface area contributed by atoms with Crippen LogP contribution in [0.25, 0.3) is 22.6 Å². The van der Waals surface area contributed by atoms with Crippen molar-refractivity contribution in [3.8, 4) is 28.4 Å². The molecule has 154 valence electrons. The fourth-order valence-corrected chi connectivity index (χ4v) is 3.45. The second kappa shape index (κ2) is 8.67. The molecule has 4 aromatic rings. The fraction of sp³-hybridized carbons (Fsp3) is 0.0800. The van der Waals surface area contributed by atoms with Gasteiger partial charge in [0.05, 0.1) is 19.3 Å². The van der Waals surface area contributed by atoms with Crippen molar-refractivity contribution in [2.75, 3.05) is 7.11 Å². The van der Waals surface area contributed by atoms with Crippen LogP contribution in [0.5, 0.6) is 5.75 Å². The van der Waals surface area contributed by atoms with Crippen LogP contribution in [-0.2, 0) is 6.54 Å². The number of nitrogens with zero attached hydrogens (tertiary/aromatic N) is 2. The van der Waals surface area contributed by atoms with Crippen molar-refractivity contribution < 1.29 is 14.6 Å². The predicted octanol–water partition coefficient (Wildman–Crippen LogP) is 4.33. The molecule has 1 heterocycles. The van der Waals surface area contributed by atoms with Crippen LogP contribution in [0.2, 0.25) is 0 Å². The van der Waals surface area contributed by atoms with E-state index in [2.05, 4.69) is 0 Å². The quantitative estimate of drug-likeness (QED) is 0.510. The lowest BCUT2D eigenvalue weighted by Gasteiger charge is -2.17. The zero-order valence-electron chi connectivity index (χ0n) is 16.9. The van der Waals surface area contributed by atoms with E-state index in [1.165, 1.54) is 4.57 Å². The Morgan fingerprint density at radius 1 is 0.935 bits per heavy atom. The molecule has 0 radical (unpaired) electrons. The van der Waals surface area contributed by atoms with E-state index in [0.29, 0.717) is 22.7 Å². The zero-order valence-corrected chi connectivity index (χ0v) is 16.9. The molecule has 1 aromatic heterocycles. The first-order valence-corrected chi connectivity index (χ1v) is 9.70. The molecule has 0 saturated heterocycles. The van der Waals surface area contributed by atoms with Gasteiger partial charge in [-0.3, -0.25) is 9.36 Å². The fourth-order valence-electron chi connectivity index (χ4n) is 3.45. The number of methoxy groups -OCH3 is 1. The highest BCUT2D eigenvalue weighted by Crippen LogP contribution is 2.27. The third kappa shape index (κ3) is 4.09. The lowest BCUT2D eigenvalue weighted by Crippen LogP contribution is -2.30. The molecular weight excluding hydrogens is 392 g/mol. The van der Waals surface area contributed by atoms with E-state index >= 15 is 0 Å². The highest BCUT2D eigenvalue weighted by atomic mass is 16.5. The van der Waals surface area contributed by atoms with Gasteiger partial charge in [0.2, 0.25) is 0 Å². The molecule has 0 aliphatic carbocycles. The molecule has 0 atom stereocenters. The maximum atomic E-state index is 13.5. The van der Waals surface area contributed by atoms with E-state index in [9.17, 15) is 14.7 Å². The Kier molecular flexibility index (Phi) is 5.62. The number of carbonyl (C=O) groups is 1. The summed E-state index contributed by atoms with van der Waals surface area (Å²) >= 11 is 0.